The Labute approximate surface area is 78.9 Å². The van der Waals surface area contributed by atoms with E-state index in [0.717, 1.165) is 0 Å². The molecule has 0 bridgehead atoms. The van der Waals surface area contributed by atoms with Crippen LogP contribution in [0.3, 0.4) is 0 Å². The van der Waals surface area contributed by atoms with Gasteiger partial charge in [0.05, 0.1) is 12.2 Å². The average molecular weight is 273 g/mol. The van der Waals surface area contributed by atoms with Crippen LogP contribution in [-0.4, -0.2) is 45.6 Å². The molecule has 0 saturated carbocycles. The van der Waals surface area contributed by atoms with E-state index in [9.17, 15) is 10.2 Å². The molecule has 1 fully saturated rings. The summed E-state index contributed by atoms with van der Waals surface area (Å²) in [6, 6.07) is 0. The molecular formula is C6H12INO3. The summed E-state index contributed by atoms with van der Waals surface area (Å²) in [6.45, 7) is 0.255. The molecule has 1 saturated heterocycles. The molecular weight excluding hydrogens is 261 g/mol. The molecule has 1 aliphatic heterocycles. The predicted molar refractivity (Wildman–Crippen MR) is 48.6 cm³/mol. The van der Waals surface area contributed by atoms with Crippen LogP contribution in [0, 0.1) is 0 Å². The maximum Gasteiger partial charge on any atom is 0.110 e. The Kier molecular flexibility index (Phi) is 3.51. The van der Waals surface area contributed by atoms with Crippen LogP contribution < -0.4 is 5.73 Å². The first kappa shape index (κ1) is 9.66. The van der Waals surface area contributed by atoms with E-state index < -0.39 is 18.3 Å². The van der Waals surface area contributed by atoms with Gasteiger partial charge in [-0.05, 0) is 0 Å². The first-order chi connectivity index (χ1) is 5.20. The van der Waals surface area contributed by atoms with Gasteiger partial charge in [-0.2, -0.15) is 0 Å². The number of hydrogen-bond donors (Lipinski definition) is 3. The molecule has 4 N–H and O–H groups in total. The van der Waals surface area contributed by atoms with Crippen molar-refractivity contribution in [3.05, 3.63) is 0 Å². The lowest BCUT2D eigenvalue weighted by molar-refractivity contribution is 0.0245. The number of aliphatic hydroxyl groups excluding tert-OH is 2. The van der Waals surface area contributed by atoms with Gasteiger partial charge in [0.25, 0.3) is 0 Å². The molecule has 0 aromatic rings. The first-order valence-corrected chi connectivity index (χ1v) is 5.01. The number of halogens is 1. The van der Waals surface area contributed by atoms with Gasteiger partial charge in [-0.1, -0.05) is 22.6 Å². The van der Waals surface area contributed by atoms with E-state index in [1.54, 1.807) is 0 Å². The van der Waals surface area contributed by atoms with E-state index in [4.69, 9.17) is 10.5 Å². The molecule has 0 aromatic carbocycles. The molecule has 0 amide bonds. The van der Waals surface area contributed by atoms with Crippen LogP contribution in [0.4, 0.5) is 0 Å². The van der Waals surface area contributed by atoms with Crippen molar-refractivity contribution in [3.63, 3.8) is 0 Å². The lowest BCUT2D eigenvalue weighted by atomic mass is 10.1. The minimum atomic E-state index is -0.820. The predicted octanol–water partition coefficient (Wildman–Crippen LogP) is -1.13. The standard InChI is InChI=1S/C6H12INO3/c7-1-3-5(9)6(10)4(2-8)11-3/h3-6,9-10H,1-2,8H2/t3-,4-,5+,6+/m0/s1. The lowest BCUT2D eigenvalue weighted by Gasteiger charge is -2.11. The first-order valence-electron chi connectivity index (χ1n) is 3.48. The molecule has 0 radical (unpaired) electrons. The van der Waals surface area contributed by atoms with E-state index in [1.807, 2.05) is 0 Å². The van der Waals surface area contributed by atoms with Crippen molar-refractivity contribution in [1.82, 2.24) is 0 Å². The Balaban J connectivity index is 2.53. The van der Waals surface area contributed by atoms with Crippen LogP contribution in [0.2, 0.25) is 0 Å². The summed E-state index contributed by atoms with van der Waals surface area (Å²) >= 11 is 2.10. The largest absolute Gasteiger partial charge is 0.388 e. The number of rotatable bonds is 2. The lowest BCUT2D eigenvalue weighted by Crippen LogP contribution is -2.36. The van der Waals surface area contributed by atoms with Gasteiger partial charge < -0.3 is 20.7 Å². The molecule has 0 spiro atoms. The highest BCUT2D eigenvalue weighted by Crippen LogP contribution is 2.21. The summed E-state index contributed by atoms with van der Waals surface area (Å²) in [4.78, 5) is 0. The molecule has 66 valence electrons. The van der Waals surface area contributed by atoms with Crippen LogP contribution >= 0.6 is 22.6 Å². The fourth-order valence-electron chi connectivity index (χ4n) is 1.15. The summed E-state index contributed by atoms with van der Waals surface area (Å²) < 4.78 is 5.92. The molecule has 0 aromatic heterocycles. The maximum absolute atomic E-state index is 9.32. The number of alkyl halides is 1. The minimum absolute atomic E-state index is 0.255. The topological polar surface area (TPSA) is 75.7 Å². The second-order valence-electron chi connectivity index (χ2n) is 2.58. The molecule has 4 nitrogen and oxygen atoms in total. The van der Waals surface area contributed by atoms with Gasteiger partial charge in [0.1, 0.15) is 12.2 Å². The third kappa shape index (κ3) is 1.83. The van der Waals surface area contributed by atoms with Crippen molar-refractivity contribution in [1.29, 1.82) is 0 Å². The van der Waals surface area contributed by atoms with E-state index in [-0.39, 0.29) is 12.6 Å². The third-order valence-electron chi connectivity index (χ3n) is 1.85. The number of hydrogen-bond acceptors (Lipinski definition) is 4. The normalized spacial score (nSPS) is 44.7. The second-order valence-corrected chi connectivity index (χ2v) is 3.46. The summed E-state index contributed by atoms with van der Waals surface area (Å²) in [7, 11) is 0. The Hall–Kier alpha value is 0.570. The number of ether oxygens (including phenoxy) is 1. The SMILES string of the molecule is NC[C@@H]1O[C@@H](CI)[C@@H](O)[C@@H]1O. The highest BCUT2D eigenvalue weighted by molar-refractivity contribution is 14.1. The Bertz CT molecular complexity index is 117. The second kappa shape index (κ2) is 3.99. The molecule has 1 heterocycles. The summed E-state index contributed by atoms with van der Waals surface area (Å²) in [5, 5.41) is 18.6. The summed E-state index contributed by atoms with van der Waals surface area (Å²) in [5.74, 6) is 0. The fraction of sp³-hybridized carbons (Fsp3) is 1.00. The Morgan fingerprint density at radius 3 is 2.09 bits per heavy atom. The zero-order chi connectivity index (χ0) is 8.43. The van der Waals surface area contributed by atoms with Crippen molar-refractivity contribution in [2.45, 2.75) is 24.4 Å². The number of nitrogens with two attached hydrogens (primary N) is 1. The van der Waals surface area contributed by atoms with Crippen LogP contribution in [0.15, 0.2) is 0 Å². The molecule has 4 atom stereocenters. The van der Waals surface area contributed by atoms with Gasteiger partial charge in [0.2, 0.25) is 0 Å². The van der Waals surface area contributed by atoms with Gasteiger partial charge in [0.15, 0.2) is 0 Å². The van der Waals surface area contributed by atoms with E-state index >= 15 is 0 Å². The molecule has 1 rings (SSSR count). The van der Waals surface area contributed by atoms with E-state index in [2.05, 4.69) is 22.6 Å². The van der Waals surface area contributed by atoms with Crippen molar-refractivity contribution in [2.24, 2.45) is 5.73 Å². The molecule has 5 heteroatoms. The fourth-order valence-corrected chi connectivity index (χ4v) is 1.88. The Morgan fingerprint density at radius 2 is 1.82 bits per heavy atom. The maximum atomic E-state index is 9.32. The zero-order valence-corrected chi connectivity index (χ0v) is 8.14. The van der Waals surface area contributed by atoms with Crippen molar-refractivity contribution in [2.75, 3.05) is 11.0 Å². The molecule has 1 aliphatic rings. The van der Waals surface area contributed by atoms with Crippen LogP contribution in [0.1, 0.15) is 0 Å². The van der Waals surface area contributed by atoms with E-state index in [1.165, 1.54) is 0 Å². The van der Waals surface area contributed by atoms with E-state index in [0.29, 0.717) is 4.43 Å². The molecule has 0 unspecified atom stereocenters. The third-order valence-corrected chi connectivity index (χ3v) is 2.71. The molecule has 0 aliphatic carbocycles. The quantitative estimate of drug-likeness (QED) is 0.439. The zero-order valence-electron chi connectivity index (χ0n) is 5.98. The smallest absolute Gasteiger partial charge is 0.110 e. The van der Waals surface area contributed by atoms with Crippen molar-refractivity contribution >= 4 is 22.6 Å². The molecule has 11 heavy (non-hydrogen) atoms. The average Bonchev–Trinajstić information content (AvgIpc) is 2.30. The summed E-state index contributed by atoms with van der Waals surface area (Å²) in [6.07, 6.45) is -2.26. The van der Waals surface area contributed by atoms with Gasteiger partial charge in [-0.25, -0.2) is 0 Å². The highest BCUT2D eigenvalue weighted by Gasteiger charge is 2.40. The Morgan fingerprint density at radius 1 is 1.27 bits per heavy atom. The van der Waals surface area contributed by atoms with Crippen LogP contribution in [0.5, 0.6) is 0 Å². The van der Waals surface area contributed by atoms with Gasteiger partial charge in [-0.15, -0.1) is 0 Å². The van der Waals surface area contributed by atoms with Gasteiger partial charge in [0, 0.05) is 11.0 Å². The van der Waals surface area contributed by atoms with Crippen LogP contribution in [0.25, 0.3) is 0 Å². The van der Waals surface area contributed by atoms with Gasteiger partial charge >= 0.3 is 0 Å². The van der Waals surface area contributed by atoms with Crippen molar-refractivity contribution < 1.29 is 14.9 Å². The van der Waals surface area contributed by atoms with Crippen LogP contribution in [-0.2, 0) is 4.74 Å². The van der Waals surface area contributed by atoms with Gasteiger partial charge in [-0.3, -0.25) is 0 Å². The highest BCUT2D eigenvalue weighted by atomic mass is 127. The monoisotopic (exact) mass is 273 g/mol. The number of aliphatic hydroxyl groups is 2. The minimum Gasteiger partial charge on any atom is -0.388 e. The van der Waals surface area contributed by atoms with Crippen molar-refractivity contribution in [3.8, 4) is 0 Å². The summed E-state index contributed by atoms with van der Waals surface area (Å²) in [5.41, 5.74) is 5.30.